The molecule has 0 bridgehead atoms. The summed E-state index contributed by atoms with van der Waals surface area (Å²) in [4.78, 5) is 0.426. The number of rotatable bonds is 2. The highest BCUT2D eigenvalue weighted by molar-refractivity contribution is 7.89. The molecule has 1 fully saturated rings. The topological polar surface area (TPSA) is 63.4 Å². The standard InChI is InChI=1S/C14H22N2O2S.ClH/c1-10-4-5-11(2)14(8-10)19(17,18)16-7-6-13(15)12(3)9-16;/h4-5,8,12-13H,6-7,9,15H2,1-3H3;1H. The number of sulfonamides is 1. The summed E-state index contributed by atoms with van der Waals surface area (Å²) in [5, 5.41) is 0. The molecule has 114 valence electrons. The molecular formula is C14H23ClN2O2S. The first-order valence-electron chi connectivity index (χ1n) is 6.65. The normalized spacial score (nSPS) is 24.2. The molecule has 2 rings (SSSR count). The Balaban J connectivity index is 0.00000200. The van der Waals surface area contributed by atoms with E-state index >= 15 is 0 Å². The predicted octanol–water partition coefficient (Wildman–Crippen LogP) is 2.08. The molecule has 20 heavy (non-hydrogen) atoms. The monoisotopic (exact) mass is 318 g/mol. The quantitative estimate of drug-likeness (QED) is 0.908. The van der Waals surface area contributed by atoms with Gasteiger partial charge in [-0.2, -0.15) is 4.31 Å². The summed E-state index contributed by atoms with van der Waals surface area (Å²) in [6.07, 6.45) is 0.727. The number of hydrogen-bond acceptors (Lipinski definition) is 3. The van der Waals surface area contributed by atoms with E-state index in [0.29, 0.717) is 18.0 Å². The third-order valence-electron chi connectivity index (χ3n) is 3.90. The summed E-state index contributed by atoms with van der Waals surface area (Å²) in [5.74, 6) is 0.202. The van der Waals surface area contributed by atoms with Gasteiger partial charge >= 0.3 is 0 Å². The lowest BCUT2D eigenvalue weighted by atomic mass is 9.96. The first kappa shape index (κ1) is 17.4. The lowest BCUT2D eigenvalue weighted by molar-refractivity contribution is 0.250. The fourth-order valence-corrected chi connectivity index (χ4v) is 4.33. The third kappa shape index (κ3) is 3.34. The molecule has 0 aliphatic carbocycles. The lowest BCUT2D eigenvalue weighted by Crippen LogP contribution is -2.48. The van der Waals surface area contributed by atoms with Crippen LogP contribution in [0.2, 0.25) is 0 Å². The number of halogens is 1. The minimum Gasteiger partial charge on any atom is -0.327 e. The molecule has 0 saturated carbocycles. The lowest BCUT2D eigenvalue weighted by Gasteiger charge is -2.34. The molecule has 2 atom stereocenters. The molecule has 0 aromatic heterocycles. The van der Waals surface area contributed by atoms with E-state index in [4.69, 9.17) is 5.73 Å². The van der Waals surface area contributed by atoms with Crippen LogP contribution in [0.3, 0.4) is 0 Å². The Morgan fingerprint density at radius 1 is 1.30 bits per heavy atom. The van der Waals surface area contributed by atoms with E-state index in [-0.39, 0.29) is 24.4 Å². The van der Waals surface area contributed by atoms with Gasteiger partial charge in [-0.15, -0.1) is 12.4 Å². The van der Waals surface area contributed by atoms with Crippen LogP contribution in [0.1, 0.15) is 24.5 Å². The van der Waals surface area contributed by atoms with Crippen molar-refractivity contribution in [2.75, 3.05) is 13.1 Å². The van der Waals surface area contributed by atoms with E-state index in [2.05, 4.69) is 0 Å². The van der Waals surface area contributed by atoms with Crippen LogP contribution in [0.5, 0.6) is 0 Å². The molecule has 0 spiro atoms. The average Bonchev–Trinajstić information content (AvgIpc) is 2.35. The van der Waals surface area contributed by atoms with Gasteiger partial charge in [-0.05, 0) is 43.4 Å². The smallest absolute Gasteiger partial charge is 0.243 e. The van der Waals surface area contributed by atoms with Crippen molar-refractivity contribution in [1.82, 2.24) is 4.31 Å². The number of nitrogens with two attached hydrogens (primary N) is 1. The zero-order valence-corrected chi connectivity index (χ0v) is 13.8. The summed E-state index contributed by atoms with van der Waals surface area (Å²) < 4.78 is 27.0. The molecule has 0 amide bonds. The second-order valence-electron chi connectivity index (χ2n) is 5.56. The van der Waals surface area contributed by atoms with Crippen LogP contribution in [0.4, 0.5) is 0 Å². The van der Waals surface area contributed by atoms with Gasteiger partial charge in [0.05, 0.1) is 4.90 Å². The summed E-state index contributed by atoms with van der Waals surface area (Å²) in [6.45, 7) is 6.78. The Hall–Kier alpha value is -0.620. The van der Waals surface area contributed by atoms with Crippen LogP contribution in [-0.4, -0.2) is 31.9 Å². The molecule has 1 aliphatic rings. The van der Waals surface area contributed by atoms with Crippen LogP contribution in [0.25, 0.3) is 0 Å². The van der Waals surface area contributed by atoms with Crippen LogP contribution >= 0.6 is 12.4 Å². The fourth-order valence-electron chi connectivity index (χ4n) is 2.47. The van der Waals surface area contributed by atoms with Crippen molar-refractivity contribution in [3.63, 3.8) is 0 Å². The van der Waals surface area contributed by atoms with E-state index in [0.717, 1.165) is 17.5 Å². The Bertz CT molecular complexity index is 575. The molecule has 2 unspecified atom stereocenters. The highest BCUT2D eigenvalue weighted by Gasteiger charge is 2.32. The van der Waals surface area contributed by atoms with Crippen molar-refractivity contribution < 1.29 is 8.42 Å². The van der Waals surface area contributed by atoms with Crippen molar-refractivity contribution in [3.8, 4) is 0 Å². The highest BCUT2D eigenvalue weighted by Crippen LogP contribution is 2.25. The van der Waals surface area contributed by atoms with Crippen molar-refractivity contribution in [2.45, 2.75) is 38.1 Å². The van der Waals surface area contributed by atoms with Crippen LogP contribution in [0.15, 0.2) is 23.1 Å². The number of piperidine rings is 1. The zero-order chi connectivity index (χ0) is 14.2. The third-order valence-corrected chi connectivity index (χ3v) is 5.90. The largest absolute Gasteiger partial charge is 0.327 e. The first-order valence-corrected chi connectivity index (χ1v) is 8.09. The molecule has 1 aromatic rings. The van der Waals surface area contributed by atoms with Crippen LogP contribution in [-0.2, 0) is 10.0 Å². The molecule has 6 heteroatoms. The second-order valence-corrected chi connectivity index (χ2v) is 7.47. The average molecular weight is 319 g/mol. The van der Waals surface area contributed by atoms with E-state index in [1.54, 1.807) is 10.4 Å². The Kier molecular flexibility index (Phi) is 5.61. The summed E-state index contributed by atoms with van der Waals surface area (Å²) in [5.41, 5.74) is 7.72. The Labute approximate surface area is 127 Å². The number of hydrogen-bond donors (Lipinski definition) is 1. The Morgan fingerprint density at radius 3 is 2.55 bits per heavy atom. The van der Waals surface area contributed by atoms with Gasteiger partial charge in [-0.25, -0.2) is 8.42 Å². The minimum atomic E-state index is -3.39. The van der Waals surface area contributed by atoms with Gasteiger partial charge in [0.2, 0.25) is 10.0 Å². The number of aryl methyl sites for hydroxylation is 2. The van der Waals surface area contributed by atoms with Crippen molar-refractivity contribution in [3.05, 3.63) is 29.3 Å². The zero-order valence-electron chi connectivity index (χ0n) is 12.2. The van der Waals surface area contributed by atoms with E-state index in [1.165, 1.54) is 0 Å². The van der Waals surface area contributed by atoms with E-state index in [9.17, 15) is 8.42 Å². The van der Waals surface area contributed by atoms with Gasteiger partial charge in [0.15, 0.2) is 0 Å². The number of nitrogens with zero attached hydrogens (tertiary/aromatic N) is 1. The molecule has 1 heterocycles. The summed E-state index contributed by atoms with van der Waals surface area (Å²) >= 11 is 0. The van der Waals surface area contributed by atoms with Gasteiger partial charge in [0, 0.05) is 19.1 Å². The molecule has 2 N–H and O–H groups in total. The van der Waals surface area contributed by atoms with Crippen LogP contribution in [0, 0.1) is 19.8 Å². The van der Waals surface area contributed by atoms with Gasteiger partial charge in [-0.3, -0.25) is 0 Å². The first-order chi connectivity index (χ1) is 8.82. The van der Waals surface area contributed by atoms with Crippen molar-refractivity contribution in [1.29, 1.82) is 0 Å². The summed E-state index contributed by atoms with van der Waals surface area (Å²) in [7, 11) is -3.39. The number of benzene rings is 1. The van der Waals surface area contributed by atoms with E-state index < -0.39 is 10.0 Å². The van der Waals surface area contributed by atoms with Crippen LogP contribution < -0.4 is 5.73 Å². The van der Waals surface area contributed by atoms with Gasteiger partial charge in [-0.1, -0.05) is 19.1 Å². The molecule has 1 aliphatic heterocycles. The van der Waals surface area contributed by atoms with E-state index in [1.807, 2.05) is 32.9 Å². The van der Waals surface area contributed by atoms with Crippen molar-refractivity contribution >= 4 is 22.4 Å². The highest BCUT2D eigenvalue weighted by atomic mass is 35.5. The summed E-state index contributed by atoms with van der Waals surface area (Å²) in [6, 6.07) is 5.65. The maximum Gasteiger partial charge on any atom is 0.243 e. The maximum absolute atomic E-state index is 12.7. The SMILES string of the molecule is Cc1ccc(C)c(S(=O)(=O)N2CCC(N)C(C)C2)c1.Cl. The van der Waals surface area contributed by atoms with Crippen molar-refractivity contribution in [2.24, 2.45) is 11.7 Å². The molecule has 0 radical (unpaired) electrons. The molecule has 1 saturated heterocycles. The van der Waals surface area contributed by atoms with Gasteiger partial charge < -0.3 is 5.73 Å². The van der Waals surface area contributed by atoms with Gasteiger partial charge in [0.25, 0.3) is 0 Å². The fraction of sp³-hybridized carbons (Fsp3) is 0.571. The predicted molar refractivity (Wildman–Crippen MR) is 83.7 cm³/mol. The van der Waals surface area contributed by atoms with Gasteiger partial charge in [0.1, 0.15) is 0 Å². The molecule has 4 nitrogen and oxygen atoms in total. The molecular weight excluding hydrogens is 296 g/mol. The molecule has 1 aromatic carbocycles. The second kappa shape index (κ2) is 6.43. The Morgan fingerprint density at radius 2 is 1.95 bits per heavy atom. The minimum absolute atomic E-state index is 0. The maximum atomic E-state index is 12.7.